The quantitative estimate of drug-likeness (QED) is 0.737. The van der Waals surface area contributed by atoms with Gasteiger partial charge in [0, 0.05) is 24.6 Å². The van der Waals surface area contributed by atoms with Gasteiger partial charge in [-0.2, -0.15) is 11.8 Å². The summed E-state index contributed by atoms with van der Waals surface area (Å²) < 4.78 is 0. The molecule has 1 amide bonds. The summed E-state index contributed by atoms with van der Waals surface area (Å²) in [4.78, 5) is 11.8. The van der Waals surface area contributed by atoms with E-state index in [0.29, 0.717) is 0 Å². The number of nitrogens with one attached hydrogen (secondary N) is 2. The summed E-state index contributed by atoms with van der Waals surface area (Å²) in [5, 5.41) is 6.33. The topological polar surface area (TPSA) is 41.1 Å². The highest BCUT2D eigenvalue weighted by Gasteiger charge is 2.20. The Balaban J connectivity index is 1.53. The van der Waals surface area contributed by atoms with Crippen LogP contribution in [0.15, 0.2) is 0 Å². The Morgan fingerprint density at radius 2 is 2.18 bits per heavy atom. The van der Waals surface area contributed by atoms with E-state index in [-0.39, 0.29) is 11.9 Å². The first kappa shape index (κ1) is 13.2. The summed E-state index contributed by atoms with van der Waals surface area (Å²) in [6.45, 7) is 1.82. The lowest BCUT2D eigenvalue weighted by atomic mass is 10.0. The van der Waals surface area contributed by atoms with E-state index < -0.39 is 0 Å². The maximum absolute atomic E-state index is 11.8. The van der Waals surface area contributed by atoms with Gasteiger partial charge in [-0.1, -0.05) is 25.7 Å². The fourth-order valence-electron chi connectivity index (χ4n) is 2.76. The molecule has 1 saturated heterocycles. The number of carbonyl (C=O) groups excluding carboxylic acids is 1. The van der Waals surface area contributed by atoms with E-state index in [1.165, 1.54) is 32.1 Å². The van der Waals surface area contributed by atoms with Gasteiger partial charge in [0.25, 0.3) is 0 Å². The lowest BCUT2D eigenvalue weighted by Crippen LogP contribution is -2.49. The molecule has 3 nitrogen and oxygen atoms in total. The molecule has 2 fully saturated rings. The number of hydrogen-bond acceptors (Lipinski definition) is 3. The average Bonchev–Trinajstić information content (AvgIpc) is 2.88. The fourth-order valence-corrected chi connectivity index (χ4v) is 3.69. The predicted octanol–water partition coefficient (Wildman–Crippen LogP) is 1.78. The second-order valence-electron chi connectivity index (χ2n) is 5.17. The van der Waals surface area contributed by atoms with Crippen molar-refractivity contribution in [1.29, 1.82) is 0 Å². The average molecular weight is 256 g/mol. The first-order chi connectivity index (χ1) is 8.36. The van der Waals surface area contributed by atoms with Gasteiger partial charge in [-0.15, -0.1) is 0 Å². The number of thioether (sulfide) groups is 1. The Morgan fingerprint density at radius 1 is 1.35 bits per heavy atom. The first-order valence-corrected chi connectivity index (χ1v) is 8.10. The molecule has 1 saturated carbocycles. The minimum absolute atomic E-state index is 0.0419. The van der Waals surface area contributed by atoms with Crippen molar-refractivity contribution >= 4 is 17.7 Å². The molecule has 0 aromatic rings. The molecule has 2 rings (SSSR count). The zero-order chi connectivity index (χ0) is 11.9. The van der Waals surface area contributed by atoms with Gasteiger partial charge in [0.15, 0.2) is 0 Å². The van der Waals surface area contributed by atoms with Gasteiger partial charge >= 0.3 is 0 Å². The van der Waals surface area contributed by atoms with Crippen molar-refractivity contribution in [2.24, 2.45) is 5.92 Å². The van der Waals surface area contributed by atoms with Crippen molar-refractivity contribution in [3.8, 4) is 0 Å². The van der Waals surface area contributed by atoms with Gasteiger partial charge in [0.2, 0.25) is 5.91 Å². The van der Waals surface area contributed by atoms with Crippen LogP contribution in [-0.4, -0.2) is 36.5 Å². The molecule has 1 heterocycles. The molecule has 2 N–H and O–H groups in total. The number of carbonyl (C=O) groups is 1. The van der Waals surface area contributed by atoms with Crippen LogP contribution >= 0.6 is 11.8 Å². The van der Waals surface area contributed by atoms with Crippen LogP contribution in [0, 0.1) is 5.92 Å². The third-order valence-electron chi connectivity index (χ3n) is 3.80. The molecule has 0 aromatic carbocycles. The molecule has 1 unspecified atom stereocenters. The molecule has 0 radical (unpaired) electrons. The summed E-state index contributed by atoms with van der Waals surface area (Å²) in [5.74, 6) is 3.19. The van der Waals surface area contributed by atoms with E-state index in [9.17, 15) is 4.79 Å². The maximum atomic E-state index is 11.8. The van der Waals surface area contributed by atoms with Gasteiger partial charge in [-0.05, 0) is 18.8 Å². The molecule has 4 heteroatoms. The minimum Gasteiger partial charge on any atom is -0.355 e. The van der Waals surface area contributed by atoms with Crippen molar-refractivity contribution in [2.75, 3.05) is 24.6 Å². The fraction of sp³-hybridized carbons (Fsp3) is 0.923. The van der Waals surface area contributed by atoms with Crippen molar-refractivity contribution < 1.29 is 4.79 Å². The molecule has 2 aliphatic rings. The van der Waals surface area contributed by atoms with Crippen molar-refractivity contribution in [3.63, 3.8) is 0 Å². The Kier molecular flexibility index (Phi) is 5.65. The summed E-state index contributed by atoms with van der Waals surface area (Å²) in [6.07, 6.45) is 8.10. The molecule has 0 bridgehead atoms. The normalized spacial score (nSPS) is 26.0. The highest BCUT2D eigenvalue weighted by molar-refractivity contribution is 7.99. The van der Waals surface area contributed by atoms with Gasteiger partial charge in [-0.3, -0.25) is 4.79 Å². The van der Waals surface area contributed by atoms with Crippen LogP contribution in [-0.2, 0) is 4.79 Å². The molecular weight excluding hydrogens is 232 g/mol. The number of hydrogen-bond donors (Lipinski definition) is 2. The summed E-state index contributed by atoms with van der Waals surface area (Å²) >= 11 is 1.87. The third-order valence-corrected chi connectivity index (χ3v) is 4.86. The Hall–Kier alpha value is -0.220. The van der Waals surface area contributed by atoms with Gasteiger partial charge < -0.3 is 10.6 Å². The van der Waals surface area contributed by atoms with Crippen molar-refractivity contribution in [3.05, 3.63) is 0 Å². The highest BCUT2D eigenvalue weighted by atomic mass is 32.2. The Morgan fingerprint density at radius 3 is 2.88 bits per heavy atom. The van der Waals surface area contributed by atoms with E-state index in [1.807, 2.05) is 11.8 Å². The SMILES string of the molecule is O=C(NCCCC1CCCC1)C1CSCCN1. The highest BCUT2D eigenvalue weighted by Crippen LogP contribution is 2.28. The summed E-state index contributed by atoms with van der Waals surface area (Å²) in [5.41, 5.74) is 0. The van der Waals surface area contributed by atoms with E-state index in [1.54, 1.807) is 0 Å². The van der Waals surface area contributed by atoms with Crippen molar-refractivity contribution in [1.82, 2.24) is 10.6 Å². The van der Waals surface area contributed by atoms with E-state index in [2.05, 4.69) is 10.6 Å². The van der Waals surface area contributed by atoms with Crippen LogP contribution < -0.4 is 10.6 Å². The second-order valence-corrected chi connectivity index (χ2v) is 6.32. The molecule has 1 aliphatic heterocycles. The second kappa shape index (κ2) is 7.27. The smallest absolute Gasteiger partial charge is 0.237 e. The van der Waals surface area contributed by atoms with E-state index >= 15 is 0 Å². The van der Waals surface area contributed by atoms with Crippen LogP contribution in [0.3, 0.4) is 0 Å². The standard InChI is InChI=1S/C13H24N2OS/c16-13(12-10-17-9-8-14-12)15-7-3-6-11-4-1-2-5-11/h11-12,14H,1-10H2,(H,15,16). The summed E-state index contributed by atoms with van der Waals surface area (Å²) in [6, 6.07) is 0.0419. The van der Waals surface area contributed by atoms with Crippen LogP contribution in [0.5, 0.6) is 0 Å². The van der Waals surface area contributed by atoms with Crippen LogP contribution in [0.4, 0.5) is 0 Å². The maximum Gasteiger partial charge on any atom is 0.237 e. The van der Waals surface area contributed by atoms with E-state index in [0.717, 1.165) is 36.9 Å². The summed E-state index contributed by atoms with van der Waals surface area (Å²) in [7, 11) is 0. The van der Waals surface area contributed by atoms with Gasteiger partial charge in [0.1, 0.15) is 0 Å². The lowest BCUT2D eigenvalue weighted by molar-refractivity contribution is -0.122. The molecular formula is C13H24N2OS. The van der Waals surface area contributed by atoms with Crippen molar-refractivity contribution in [2.45, 2.75) is 44.6 Å². The van der Waals surface area contributed by atoms with Gasteiger partial charge in [0.05, 0.1) is 6.04 Å². The monoisotopic (exact) mass is 256 g/mol. The molecule has 0 aromatic heterocycles. The lowest BCUT2D eigenvalue weighted by Gasteiger charge is -2.22. The molecule has 1 aliphatic carbocycles. The Bertz CT molecular complexity index is 236. The Labute approximate surface area is 108 Å². The van der Waals surface area contributed by atoms with Gasteiger partial charge in [-0.25, -0.2) is 0 Å². The molecule has 98 valence electrons. The van der Waals surface area contributed by atoms with Crippen LogP contribution in [0.2, 0.25) is 0 Å². The number of amides is 1. The minimum atomic E-state index is 0.0419. The van der Waals surface area contributed by atoms with Crippen LogP contribution in [0.1, 0.15) is 38.5 Å². The molecule has 0 spiro atoms. The molecule has 17 heavy (non-hydrogen) atoms. The van der Waals surface area contributed by atoms with Crippen LogP contribution in [0.25, 0.3) is 0 Å². The zero-order valence-corrected chi connectivity index (χ0v) is 11.4. The predicted molar refractivity (Wildman–Crippen MR) is 73.3 cm³/mol. The zero-order valence-electron chi connectivity index (χ0n) is 10.5. The third kappa shape index (κ3) is 4.51. The largest absolute Gasteiger partial charge is 0.355 e. The first-order valence-electron chi connectivity index (χ1n) is 6.95. The molecule has 1 atom stereocenters. The van der Waals surface area contributed by atoms with E-state index in [4.69, 9.17) is 0 Å². The number of rotatable bonds is 5.